The Bertz CT molecular complexity index is 846. The fraction of sp³-hybridized carbons (Fsp3) is 0.200. The number of hydrogen-bond donors (Lipinski definition) is 2. The van der Waals surface area contributed by atoms with Gasteiger partial charge in [0.15, 0.2) is 0 Å². The number of carboxylic acid groups (broad SMARTS) is 1. The molecule has 1 fully saturated rings. The van der Waals surface area contributed by atoms with Crippen LogP contribution >= 0.6 is 0 Å². The zero-order chi connectivity index (χ0) is 17.4. The molecule has 4 rings (SSSR count). The second kappa shape index (κ2) is 6.18. The van der Waals surface area contributed by atoms with Crippen LogP contribution < -0.4 is 5.32 Å². The Kier molecular flexibility index (Phi) is 3.86. The molecule has 2 aromatic rings. The zero-order valence-corrected chi connectivity index (χ0v) is 13.3. The maximum atomic E-state index is 12.8. The van der Waals surface area contributed by atoms with Crippen molar-refractivity contribution in [1.29, 1.82) is 0 Å². The lowest BCUT2D eigenvalue weighted by molar-refractivity contribution is -0.145. The molecule has 0 saturated carbocycles. The van der Waals surface area contributed by atoms with Crippen molar-refractivity contribution in [3.63, 3.8) is 0 Å². The molecule has 25 heavy (non-hydrogen) atoms. The van der Waals surface area contributed by atoms with Gasteiger partial charge in [-0.05, 0) is 11.6 Å². The number of anilines is 1. The number of aliphatic carboxylic acids is 1. The van der Waals surface area contributed by atoms with E-state index in [-0.39, 0.29) is 5.91 Å². The average Bonchev–Trinajstić information content (AvgIpc) is 3.24. The summed E-state index contributed by atoms with van der Waals surface area (Å²) in [5.74, 6) is -2.91. The number of hydrogen-bond acceptors (Lipinski definition) is 3. The molecule has 2 N–H and O–H groups in total. The van der Waals surface area contributed by atoms with Gasteiger partial charge in [0, 0.05) is 11.3 Å². The third-order valence-electron chi connectivity index (χ3n) is 4.76. The van der Waals surface area contributed by atoms with Gasteiger partial charge in [-0.2, -0.15) is 0 Å². The van der Waals surface area contributed by atoms with Crippen LogP contribution in [0, 0.1) is 11.8 Å². The minimum atomic E-state index is -1.01. The Morgan fingerprint density at radius 1 is 0.880 bits per heavy atom. The summed E-state index contributed by atoms with van der Waals surface area (Å²) in [5.41, 5.74) is 2.54. The molecular formula is C20H17NO4. The molecule has 2 aliphatic heterocycles. The third-order valence-corrected chi connectivity index (χ3v) is 4.76. The molecule has 2 aromatic carbocycles. The van der Waals surface area contributed by atoms with Gasteiger partial charge in [-0.15, -0.1) is 0 Å². The number of fused-ring (bicyclic) bond motifs is 2. The predicted octanol–water partition coefficient (Wildman–Crippen LogP) is 2.95. The molecule has 2 aliphatic rings. The molecule has 4 atom stereocenters. The summed E-state index contributed by atoms with van der Waals surface area (Å²) in [6.45, 7) is 0. The van der Waals surface area contributed by atoms with Crippen LogP contribution in [0.4, 0.5) is 5.69 Å². The smallest absolute Gasteiger partial charge is 0.310 e. The van der Waals surface area contributed by atoms with Crippen molar-refractivity contribution in [2.45, 2.75) is 12.2 Å². The van der Waals surface area contributed by atoms with Gasteiger partial charge >= 0.3 is 5.97 Å². The van der Waals surface area contributed by atoms with Crippen molar-refractivity contribution in [3.8, 4) is 11.1 Å². The molecule has 2 bridgehead atoms. The summed E-state index contributed by atoms with van der Waals surface area (Å²) in [4.78, 5) is 24.4. The normalized spacial score (nSPS) is 26.6. The standard InChI is InChI=1S/C20H17NO4/c22-19(17-15-10-11-16(25-15)18(17)20(23)24)21-14-9-5-4-8-13(14)12-6-2-1-3-7-12/h1-11,15-18H,(H,21,22)(H,23,24)/t15-,16-,17+,18-/m0/s1. The lowest BCUT2D eigenvalue weighted by atomic mass is 9.82. The van der Waals surface area contributed by atoms with Crippen molar-refractivity contribution < 1.29 is 19.4 Å². The van der Waals surface area contributed by atoms with Crippen LogP contribution in [0.5, 0.6) is 0 Å². The summed E-state index contributed by atoms with van der Waals surface area (Å²) in [7, 11) is 0. The van der Waals surface area contributed by atoms with Crippen molar-refractivity contribution in [1.82, 2.24) is 0 Å². The molecule has 1 saturated heterocycles. The topological polar surface area (TPSA) is 75.6 Å². The highest BCUT2D eigenvalue weighted by Gasteiger charge is 2.53. The predicted molar refractivity (Wildman–Crippen MR) is 92.9 cm³/mol. The Morgan fingerprint density at radius 3 is 2.24 bits per heavy atom. The molecule has 2 heterocycles. The molecule has 126 valence electrons. The molecule has 0 radical (unpaired) electrons. The number of carbonyl (C=O) groups is 2. The highest BCUT2D eigenvalue weighted by Crippen LogP contribution is 2.40. The first-order valence-corrected chi connectivity index (χ1v) is 8.17. The molecule has 5 heteroatoms. The molecule has 0 aliphatic carbocycles. The largest absolute Gasteiger partial charge is 0.481 e. The van der Waals surface area contributed by atoms with E-state index in [1.165, 1.54) is 0 Å². The van der Waals surface area contributed by atoms with Gasteiger partial charge in [0.25, 0.3) is 0 Å². The highest BCUT2D eigenvalue weighted by atomic mass is 16.5. The maximum absolute atomic E-state index is 12.8. The van der Waals surface area contributed by atoms with Crippen molar-refractivity contribution in [2.24, 2.45) is 11.8 Å². The summed E-state index contributed by atoms with van der Waals surface area (Å²) in [6, 6.07) is 17.2. The molecule has 5 nitrogen and oxygen atoms in total. The molecule has 0 spiro atoms. The number of nitrogens with one attached hydrogen (secondary N) is 1. The van der Waals surface area contributed by atoms with Crippen LogP contribution in [0.25, 0.3) is 11.1 Å². The Hall–Kier alpha value is -2.92. The summed E-state index contributed by atoms with van der Waals surface area (Å²) < 4.78 is 5.58. The van der Waals surface area contributed by atoms with Crippen molar-refractivity contribution in [3.05, 3.63) is 66.7 Å². The van der Waals surface area contributed by atoms with Crippen LogP contribution in [0.2, 0.25) is 0 Å². The fourth-order valence-electron chi connectivity index (χ4n) is 3.59. The summed E-state index contributed by atoms with van der Waals surface area (Å²) in [5, 5.41) is 12.4. The zero-order valence-electron chi connectivity index (χ0n) is 13.3. The number of para-hydroxylation sites is 1. The SMILES string of the molecule is O=C(O)[C@@H]1[C@H](C(=O)Nc2ccccc2-c2ccccc2)[C@@H]2C=C[C@@H]1O2. The van der Waals surface area contributed by atoms with E-state index in [4.69, 9.17) is 4.74 Å². The number of carbonyl (C=O) groups excluding carboxylic acids is 1. The summed E-state index contributed by atoms with van der Waals surface area (Å²) in [6.07, 6.45) is 2.50. The number of benzene rings is 2. The molecule has 0 aromatic heterocycles. The first-order chi connectivity index (χ1) is 12.1. The van der Waals surface area contributed by atoms with E-state index < -0.39 is 30.0 Å². The Balaban J connectivity index is 1.62. The number of amides is 1. The van der Waals surface area contributed by atoms with E-state index in [2.05, 4.69) is 5.32 Å². The van der Waals surface area contributed by atoms with Gasteiger partial charge in [0.05, 0.1) is 18.1 Å². The number of carboxylic acids is 1. The van der Waals surface area contributed by atoms with E-state index in [0.29, 0.717) is 5.69 Å². The van der Waals surface area contributed by atoms with Crippen molar-refractivity contribution in [2.75, 3.05) is 5.32 Å². The number of rotatable bonds is 4. The minimum absolute atomic E-state index is 0.326. The van der Waals surface area contributed by atoms with Gasteiger partial charge in [0.2, 0.25) is 5.91 Å². The molecule has 1 amide bonds. The third kappa shape index (κ3) is 2.72. The lowest BCUT2D eigenvalue weighted by Gasteiger charge is -2.21. The molecule has 0 unspecified atom stereocenters. The second-order valence-corrected chi connectivity index (χ2v) is 6.24. The number of ether oxygens (including phenoxy) is 1. The quantitative estimate of drug-likeness (QED) is 0.843. The van der Waals surface area contributed by atoms with Gasteiger partial charge in [-0.3, -0.25) is 9.59 Å². The van der Waals surface area contributed by atoms with E-state index in [9.17, 15) is 14.7 Å². The Morgan fingerprint density at radius 2 is 1.52 bits per heavy atom. The van der Waals surface area contributed by atoms with E-state index in [0.717, 1.165) is 11.1 Å². The minimum Gasteiger partial charge on any atom is -0.481 e. The van der Waals surface area contributed by atoms with Crippen LogP contribution in [0.1, 0.15) is 0 Å². The van der Waals surface area contributed by atoms with Crippen LogP contribution in [0.15, 0.2) is 66.7 Å². The first-order valence-electron chi connectivity index (χ1n) is 8.17. The maximum Gasteiger partial charge on any atom is 0.310 e. The monoisotopic (exact) mass is 335 g/mol. The van der Waals surface area contributed by atoms with Gasteiger partial charge in [0.1, 0.15) is 5.92 Å². The van der Waals surface area contributed by atoms with E-state index in [1.807, 2.05) is 54.6 Å². The first kappa shape index (κ1) is 15.6. The average molecular weight is 335 g/mol. The van der Waals surface area contributed by atoms with Crippen LogP contribution in [-0.4, -0.2) is 29.2 Å². The van der Waals surface area contributed by atoms with Gasteiger partial charge in [-0.1, -0.05) is 60.7 Å². The second-order valence-electron chi connectivity index (χ2n) is 6.24. The molecular weight excluding hydrogens is 318 g/mol. The van der Waals surface area contributed by atoms with E-state index >= 15 is 0 Å². The Labute approximate surface area is 144 Å². The lowest BCUT2D eigenvalue weighted by Crippen LogP contribution is -2.39. The summed E-state index contributed by atoms with van der Waals surface area (Å²) >= 11 is 0. The highest BCUT2D eigenvalue weighted by molar-refractivity contribution is 5.99. The van der Waals surface area contributed by atoms with Crippen LogP contribution in [-0.2, 0) is 14.3 Å². The van der Waals surface area contributed by atoms with Gasteiger partial charge in [-0.25, -0.2) is 0 Å². The van der Waals surface area contributed by atoms with Crippen LogP contribution in [0.3, 0.4) is 0 Å². The van der Waals surface area contributed by atoms with Crippen molar-refractivity contribution >= 4 is 17.6 Å². The van der Waals surface area contributed by atoms with E-state index in [1.54, 1.807) is 12.2 Å². The fourth-order valence-corrected chi connectivity index (χ4v) is 3.59. The van der Waals surface area contributed by atoms with Gasteiger partial charge < -0.3 is 15.2 Å².